The Hall–Kier alpha value is -2.89. The van der Waals surface area contributed by atoms with Crippen LogP contribution in [0.4, 0.5) is 5.82 Å². The molecule has 0 saturated carbocycles. The van der Waals surface area contributed by atoms with Crippen LogP contribution in [0, 0.1) is 5.92 Å². The molecular weight excluding hydrogens is 354 g/mol. The normalized spacial score (nSPS) is 14.4. The number of nitrogens with zero attached hydrogens (tertiary/aromatic N) is 1. The number of hydrogen-bond donors (Lipinski definition) is 2. The maximum Gasteiger partial charge on any atom is 0.332 e. The first-order valence-corrected chi connectivity index (χ1v) is 9.70. The molecule has 0 spiro atoms. The van der Waals surface area contributed by atoms with Gasteiger partial charge in [0, 0.05) is 25.6 Å². The van der Waals surface area contributed by atoms with Gasteiger partial charge in [0.1, 0.15) is 11.4 Å². The highest BCUT2D eigenvalue weighted by atomic mass is 16.5. The van der Waals surface area contributed by atoms with E-state index in [2.05, 4.69) is 29.5 Å². The van der Waals surface area contributed by atoms with Gasteiger partial charge in [0.15, 0.2) is 0 Å². The second-order valence-electron chi connectivity index (χ2n) is 7.55. The highest BCUT2D eigenvalue weighted by Gasteiger charge is 2.46. The third-order valence-electron chi connectivity index (χ3n) is 4.85. The molecule has 0 fully saturated rings. The number of amides is 1. The molecule has 1 aliphatic rings. The molecule has 1 amide bonds. The summed E-state index contributed by atoms with van der Waals surface area (Å²) in [5.41, 5.74) is 1.44. The number of benzene rings is 1. The highest BCUT2D eigenvalue weighted by Crippen LogP contribution is 2.32. The number of nitrogens with one attached hydrogen (secondary N) is 2. The van der Waals surface area contributed by atoms with E-state index in [9.17, 15) is 9.59 Å². The van der Waals surface area contributed by atoms with Crippen LogP contribution in [0.2, 0.25) is 0 Å². The van der Waals surface area contributed by atoms with Gasteiger partial charge < -0.3 is 15.4 Å². The summed E-state index contributed by atoms with van der Waals surface area (Å²) in [7, 11) is 0. The zero-order chi connectivity index (χ0) is 20.1. The molecule has 0 bridgehead atoms. The fraction of sp³-hybridized carbons (Fsp3) is 0.409. The monoisotopic (exact) mass is 381 g/mol. The zero-order valence-corrected chi connectivity index (χ0v) is 16.6. The van der Waals surface area contributed by atoms with Crippen LogP contribution in [0.25, 0.3) is 0 Å². The molecule has 1 heterocycles. The molecule has 0 radical (unpaired) electrons. The standard InChI is InChI=1S/C22H27N3O3/c1-4-28-21(27)22(12-16-8-5-6-9-17(16)13-22)25-20(26)18-10-7-11-23-19(18)24-14-15(2)3/h5-11,15H,4,12-14H2,1-3H3,(H,23,24)(H,25,26). The Labute approximate surface area is 165 Å². The van der Waals surface area contributed by atoms with Gasteiger partial charge in [-0.2, -0.15) is 0 Å². The van der Waals surface area contributed by atoms with Gasteiger partial charge in [0.25, 0.3) is 5.91 Å². The molecule has 1 aliphatic carbocycles. The summed E-state index contributed by atoms with van der Waals surface area (Å²) < 4.78 is 5.32. The molecule has 6 nitrogen and oxygen atoms in total. The first-order chi connectivity index (χ1) is 13.4. The smallest absolute Gasteiger partial charge is 0.332 e. The lowest BCUT2D eigenvalue weighted by Crippen LogP contribution is -2.56. The van der Waals surface area contributed by atoms with Gasteiger partial charge in [-0.25, -0.2) is 9.78 Å². The lowest BCUT2D eigenvalue weighted by Gasteiger charge is -2.28. The quantitative estimate of drug-likeness (QED) is 0.721. The van der Waals surface area contributed by atoms with Crippen molar-refractivity contribution in [1.82, 2.24) is 10.3 Å². The lowest BCUT2D eigenvalue weighted by molar-refractivity contribution is -0.150. The Kier molecular flexibility index (Phi) is 5.97. The summed E-state index contributed by atoms with van der Waals surface area (Å²) in [5.74, 6) is 0.191. The number of anilines is 1. The highest BCUT2D eigenvalue weighted by molar-refractivity contribution is 6.02. The number of carbonyl (C=O) groups is 2. The SMILES string of the molecule is CCOC(=O)C1(NC(=O)c2cccnc2NCC(C)C)Cc2ccccc2C1. The minimum Gasteiger partial charge on any atom is -0.464 e. The van der Waals surface area contributed by atoms with Crippen molar-refractivity contribution >= 4 is 17.7 Å². The van der Waals surface area contributed by atoms with Crippen molar-refractivity contribution in [2.24, 2.45) is 5.92 Å². The number of fused-ring (bicyclic) bond motifs is 1. The lowest BCUT2D eigenvalue weighted by atomic mass is 9.95. The van der Waals surface area contributed by atoms with Gasteiger partial charge in [-0.1, -0.05) is 38.1 Å². The topological polar surface area (TPSA) is 80.3 Å². The van der Waals surface area contributed by atoms with Crippen molar-refractivity contribution in [2.75, 3.05) is 18.5 Å². The first kappa shape index (κ1) is 19.9. The van der Waals surface area contributed by atoms with Crippen LogP contribution in [0.1, 0.15) is 42.3 Å². The number of carbonyl (C=O) groups excluding carboxylic acids is 2. The van der Waals surface area contributed by atoms with E-state index >= 15 is 0 Å². The van der Waals surface area contributed by atoms with Crippen molar-refractivity contribution in [3.63, 3.8) is 0 Å². The van der Waals surface area contributed by atoms with Crippen LogP contribution >= 0.6 is 0 Å². The van der Waals surface area contributed by atoms with E-state index in [-0.39, 0.29) is 12.5 Å². The second kappa shape index (κ2) is 8.42. The van der Waals surface area contributed by atoms with Gasteiger partial charge in [-0.15, -0.1) is 0 Å². The van der Waals surface area contributed by atoms with E-state index < -0.39 is 11.5 Å². The fourth-order valence-electron chi connectivity index (χ4n) is 3.48. The van der Waals surface area contributed by atoms with Crippen LogP contribution in [0.15, 0.2) is 42.6 Å². The van der Waals surface area contributed by atoms with Crippen molar-refractivity contribution in [3.05, 3.63) is 59.3 Å². The van der Waals surface area contributed by atoms with Gasteiger partial charge >= 0.3 is 5.97 Å². The Bertz CT molecular complexity index is 839. The summed E-state index contributed by atoms with van der Waals surface area (Å²) in [4.78, 5) is 30.3. The number of esters is 1. The maximum atomic E-state index is 13.1. The van der Waals surface area contributed by atoms with Crippen LogP contribution in [0.5, 0.6) is 0 Å². The average Bonchev–Trinajstić information content (AvgIpc) is 3.06. The minimum atomic E-state index is -1.10. The number of ether oxygens (including phenoxy) is 1. The van der Waals surface area contributed by atoms with E-state index in [1.165, 1.54) is 0 Å². The molecule has 1 aromatic carbocycles. The molecule has 2 N–H and O–H groups in total. The Morgan fingerprint density at radius 2 is 1.82 bits per heavy atom. The van der Waals surface area contributed by atoms with Crippen LogP contribution in [-0.2, 0) is 22.4 Å². The Balaban J connectivity index is 1.87. The molecule has 0 atom stereocenters. The van der Waals surface area contributed by atoms with Crippen molar-refractivity contribution < 1.29 is 14.3 Å². The minimum absolute atomic E-state index is 0.265. The summed E-state index contributed by atoms with van der Waals surface area (Å²) in [6.45, 7) is 6.90. The van der Waals surface area contributed by atoms with Crippen molar-refractivity contribution in [2.45, 2.75) is 39.2 Å². The van der Waals surface area contributed by atoms with E-state index in [1.807, 2.05) is 24.3 Å². The van der Waals surface area contributed by atoms with E-state index in [1.54, 1.807) is 25.3 Å². The largest absolute Gasteiger partial charge is 0.464 e. The van der Waals surface area contributed by atoms with Crippen LogP contribution in [-0.4, -0.2) is 35.6 Å². The van der Waals surface area contributed by atoms with Gasteiger partial charge in [-0.3, -0.25) is 4.79 Å². The number of pyridine rings is 1. The third-order valence-corrected chi connectivity index (χ3v) is 4.85. The van der Waals surface area contributed by atoms with E-state index in [0.29, 0.717) is 36.7 Å². The molecule has 148 valence electrons. The van der Waals surface area contributed by atoms with Gasteiger partial charge in [-0.05, 0) is 36.1 Å². The summed E-state index contributed by atoms with van der Waals surface area (Å²) in [5, 5.41) is 6.19. The number of aromatic nitrogens is 1. The summed E-state index contributed by atoms with van der Waals surface area (Å²) in [6, 6.07) is 11.3. The van der Waals surface area contributed by atoms with Crippen molar-refractivity contribution in [1.29, 1.82) is 0 Å². The van der Waals surface area contributed by atoms with Crippen LogP contribution in [0.3, 0.4) is 0 Å². The second-order valence-corrected chi connectivity index (χ2v) is 7.55. The summed E-state index contributed by atoms with van der Waals surface area (Å²) in [6.07, 6.45) is 2.48. The third kappa shape index (κ3) is 4.16. The van der Waals surface area contributed by atoms with Crippen LogP contribution < -0.4 is 10.6 Å². The van der Waals surface area contributed by atoms with Gasteiger partial charge in [0.05, 0.1) is 12.2 Å². The van der Waals surface area contributed by atoms with E-state index in [0.717, 1.165) is 11.1 Å². The van der Waals surface area contributed by atoms with Gasteiger partial charge in [0.2, 0.25) is 0 Å². The fourth-order valence-corrected chi connectivity index (χ4v) is 3.48. The molecule has 1 aromatic heterocycles. The maximum absolute atomic E-state index is 13.1. The first-order valence-electron chi connectivity index (χ1n) is 9.70. The Morgan fingerprint density at radius 1 is 1.14 bits per heavy atom. The average molecular weight is 381 g/mol. The Morgan fingerprint density at radius 3 is 2.43 bits per heavy atom. The molecule has 6 heteroatoms. The number of hydrogen-bond acceptors (Lipinski definition) is 5. The molecule has 3 rings (SSSR count). The molecule has 0 saturated heterocycles. The molecule has 0 unspecified atom stereocenters. The van der Waals surface area contributed by atoms with Crippen molar-refractivity contribution in [3.8, 4) is 0 Å². The number of rotatable bonds is 7. The molecule has 0 aliphatic heterocycles. The molecule has 2 aromatic rings. The summed E-state index contributed by atoms with van der Waals surface area (Å²) >= 11 is 0. The zero-order valence-electron chi connectivity index (χ0n) is 16.6. The molecular formula is C22H27N3O3. The molecule has 28 heavy (non-hydrogen) atoms. The predicted octanol–water partition coefficient (Wildman–Crippen LogP) is 2.98. The predicted molar refractivity (Wildman–Crippen MR) is 108 cm³/mol. The van der Waals surface area contributed by atoms with E-state index in [4.69, 9.17) is 4.74 Å².